The van der Waals surface area contributed by atoms with Crippen molar-refractivity contribution in [2.75, 3.05) is 6.61 Å². The first-order valence-electron chi connectivity index (χ1n) is 11.9. The van der Waals surface area contributed by atoms with Crippen molar-refractivity contribution in [3.05, 3.63) is 0 Å². The molecule has 3 saturated carbocycles. The predicted octanol–water partition coefficient (Wildman–Crippen LogP) is 6.98. The molecule has 0 unspecified atom stereocenters. The third-order valence-electron chi connectivity index (χ3n) is 8.41. The van der Waals surface area contributed by atoms with Gasteiger partial charge in [-0.3, -0.25) is 0 Å². The molecule has 146 valence electrons. The molecule has 0 aromatic rings. The number of hydrogen-bond donors (Lipinski definition) is 1. The zero-order valence-electron chi connectivity index (χ0n) is 16.9. The summed E-state index contributed by atoms with van der Waals surface area (Å²) in [4.78, 5) is 0. The Morgan fingerprint density at radius 2 is 0.960 bits per heavy atom. The molecule has 0 aromatic carbocycles. The fourth-order valence-electron chi connectivity index (χ4n) is 6.56. The van der Waals surface area contributed by atoms with Gasteiger partial charge < -0.3 is 5.11 Å². The van der Waals surface area contributed by atoms with Gasteiger partial charge in [-0.15, -0.1) is 0 Å². The van der Waals surface area contributed by atoms with E-state index in [4.69, 9.17) is 0 Å². The first kappa shape index (κ1) is 19.7. The zero-order chi connectivity index (χ0) is 17.5. The Hall–Kier alpha value is -0.0400. The summed E-state index contributed by atoms with van der Waals surface area (Å²) >= 11 is 0. The van der Waals surface area contributed by atoms with E-state index >= 15 is 0 Å². The zero-order valence-corrected chi connectivity index (χ0v) is 16.9. The highest BCUT2D eigenvalue weighted by Gasteiger charge is 2.34. The highest BCUT2D eigenvalue weighted by Crippen LogP contribution is 2.46. The average Bonchev–Trinajstić information content (AvgIpc) is 2.69. The lowest BCUT2D eigenvalue weighted by molar-refractivity contribution is 0.0921. The van der Waals surface area contributed by atoms with E-state index in [1.165, 1.54) is 77.0 Å². The van der Waals surface area contributed by atoms with Crippen molar-refractivity contribution in [2.45, 2.75) is 110 Å². The van der Waals surface area contributed by atoms with E-state index in [0.717, 1.165) is 29.6 Å². The molecule has 0 heterocycles. The van der Waals surface area contributed by atoms with Gasteiger partial charge >= 0.3 is 0 Å². The van der Waals surface area contributed by atoms with Gasteiger partial charge in [-0.05, 0) is 99.7 Å². The molecule has 0 radical (unpaired) electrons. The van der Waals surface area contributed by atoms with Gasteiger partial charge in [-0.2, -0.15) is 0 Å². The van der Waals surface area contributed by atoms with Crippen LogP contribution in [0.3, 0.4) is 0 Å². The average molecular weight is 349 g/mol. The first-order chi connectivity index (χ1) is 12.3. The van der Waals surface area contributed by atoms with Gasteiger partial charge in [0.1, 0.15) is 0 Å². The van der Waals surface area contributed by atoms with Crippen LogP contribution in [-0.2, 0) is 0 Å². The lowest BCUT2D eigenvalue weighted by Crippen LogP contribution is -2.30. The summed E-state index contributed by atoms with van der Waals surface area (Å²) in [7, 11) is 0. The maximum Gasteiger partial charge on any atom is 0.0459 e. The Morgan fingerprint density at radius 3 is 1.36 bits per heavy atom. The minimum atomic E-state index is 0.431. The maximum atomic E-state index is 9.35. The van der Waals surface area contributed by atoms with Crippen molar-refractivity contribution < 1.29 is 5.11 Å². The second kappa shape index (κ2) is 10.3. The summed E-state index contributed by atoms with van der Waals surface area (Å²) in [5.74, 6) is 5.87. The number of unbranched alkanes of at least 4 members (excludes halogenated alkanes) is 2. The van der Waals surface area contributed by atoms with E-state index in [-0.39, 0.29) is 0 Å². The van der Waals surface area contributed by atoms with Gasteiger partial charge in [0.15, 0.2) is 0 Å². The quantitative estimate of drug-likeness (QED) is 0.492. The molecule has 25 heavy (non-hydrogen) atoms. The highest BCUT2D eigenvalue weighted by atomic mass is 16.3. The lowest BCUT2D eigenvalue weighted by atomic mass is 9.65. The third-order valence-corrected chi connectivity index (χ3v) is 8.41. The smallest absolute Gasteiger partial charge is 0.0459 e. The van der Waals surface area contributed by atoms with Gasteiger partial charge in [0.05, 0.1) is 0 Å². The van der Waals surface area contributed by atoms with E-state index < -0.39 is 0 Å². The van der Waals surface area contributed by atoms with Crippen LogP contribution in [0.2, 0.25) is 0 Å². The lowest BCUT2D eigenvalue weighted by Gasteiger charge is -2.41. The van der Waals surface area contributed by atoms with E-state index in [1.807, 2.05) is 0 Å². The van der Waals surface area contributed by atoms with Crippen LogP contribution in [0.5, 0.6) is 0 Å². The van der Waals surface area contributed by atoms with Gasteiger partial charge in [-0.25, -0.2) is 0 Å². The molecule has 0 aromatic heterocycles. The molecule has 3 fully saturated rings. The first-order valence-corrected chi connectivity index (χ1v) is 11.9. The van der Waals surface area contributed by atoms with E-state index in [1.54, 1.807) is 25.7 Å². The summed E-state index contributed by atoms with van der Waals surface area (Å²) in [6.45, 7) is 2.76. The van der Waals surface area contributed by atoms with Crippen LogP contribution in [0.4, 0.5) is 0 Å². The molecule has 3 aliphatic carbocycles. The summed E-state index contributed by atoms with van der Waals surface area (Å²) in [6, 6.07) is 0. The second-order valence-corrected chi connectivity index (χ2v) is 9.91. The Kier molecular flexibility index (Phi) is 8.15. The highest BCUT2D eigenvalue weighted by molar-refractivity contribution is 4.85. The molecule has 1 N–H and O–H groups in total. The minimum Gasteiger partial charge on any atom is -0.396 e. The van der Waals surface area contributed by atoms with Crippen molar-refractivity contribution in [1.29, 1.82) is 0 Å². The number of aliphatic hydroxyl groups is 1. The van der Waals surface area contributed by atoms with Crippen LogP contribution in [-0.4, -0.2) is 11.7 Å². The largest absolute Gasteiger partial charge is 0.396 e. The van der Waals surface area contributed by atoms with Crippen molar-refractivity contribution in [1.82, 2.24) is 0 Å². The van der Waals surface area contributed by atoms with Gasteiger partial charge in [-0.1, -0.05) is 45.4 Å². The maximum absolute atomic E-state index is 9.35. The molecule has 1 nitrogen and oxygen atoms in total. The SMILES string of the molecule is CCCCCC1CCC(C2CCC(C3CCC(CO)CC3)CC2)CC1. The minimum absolute atomic E-state index is 0.431. The van der Waals surface area contributed by atoms with Crippen molar-refractivity contribution >= 4 is 0 Å². The number of hydrogen-bond acceptors (Lipinski definition) is 1. The topological polar surface area (TPSA) is 20.2 Å². The Balaban J connectivity index is 1.33. The molecular weight excluding hydrogens is 304 g/mol. The summed E-state index contributed by atoms with van der Waals surface area (Å²) in [6.07, 6.45) is 23.5. The normalized spacial score (nSPS) is 40.1. The molecule has 1 heteroatoms. The molecular formula is C24H44O. The van der Waals surface area contributed by atoms with Crippen LogP contribution >= 0.6 is 0 Å². The van der Waals surface area contributed by atoms with Crippen molar-refractivity contribution in [3.63, 3.8) is 0 Å². The molecule has 0 saturated heterocycles. The van der Waals surface area contributed by atoms with Crippen LogP contribution in [0.15, 0.2) is 0 Å². The fourth-order valence-corrected chi connectivity index (χ4v) is 6.56. The van der Waals surface area contributed by atoms with Crippen LogP contribution in [0.25, 0.3) is 0 Å². The summed E-state index contributed by atoms with van der Waals surface area (Å²) in [5.41, 5.74) is 0. The Bertz CT molecular complexity index is 341. The van der Waals surface area contributed by atoms with Gasteiger partial charge in [0.25, 0.3) is 0 Å². The predicted molar refractivity (Wildman–Crippen MR) is 108 cm³/mol. The molecule has 0 spiro atoms. The van der Waals surface area contributed by atoms with Crippen LogP contribution in [0.1, 0.15) is 110 Å². The van der Waals surface area contributed by atoms with Gasteiger partial charge in [0, 0.05) is 6.61 Å². The fraction of sp³-hybridized carbons (Fsp3) is 1.00. The van der Waals surface area contributed by atoms with Crippen molar-refractivity contribution in [3.8, 4) is 0 Å². The van der Waals surface area contributed by atoms with Crippen LogP contribution in [0, 0.1) is 35.5 Å². The summed E-state index contributed by atoms with van der Waals surface area (Å²) < 4.78 is 0. The monoisotopic (exact) mass is 348 g/mol. The molecule has 0 bridgehead atoms. The number of rotatable bonds is 7. The molecule has 0 aliphatic heterocycles. The number of aliphatic hydroxyl groups excluding tert-OH is 1. The van der Waals surface area contributed by atoms with E-state index in [0.29, 0.717) is 12.5 Å². The Labute approximate surface area is 157 Å². The molecule has 0 amide bonds. The second-order valence-electron chi connectivity index (χ2n) is 9.91. The molecule has 0 atom stereocenters. The molecule has 3 rings (SSSR count). The van der Waals surface area contributed by atoms with Crippen LogP contribution < -0.4 is 0 Å². The standard InChI is InChI=1S/C24H44O/c1-2-3-4-5-19-6-10-21(11-7-19)23-14-16-24(17-15-23)22-12-8-20(18-25)9-13-22/h19-25H,2-18H2,1H3. The molecule has 3 aliphatic rings. The van der Waals surface area contributed by atoms with Crippen molar-refractivity contribution in [2.24, 2.45) is 35.5 Å². The third kappa shape index (κ3) is 5.72. The van der Waals surface area contributed by atoms with E-state index in [9.17, 15) is 5.11 Å². The summed E-state index contributed by atoms with van der Waals surface area (Å²) in [5, 5.41) is 9.35. The van der Waals surface area contributed by atoms with E-state index in [2.05, 4.69) is 6.92 Å². The Morgan fingerprint density at radius 1 is 0.560 bits per heavy atom. The van der Waals surface area contributed by atoms with Gasteiger partial charge in [0.2, 0.25) is 0 Å².